The van der Waals surface area contributed by atoms with Crippen molar-refractivity contribution in [1.82, 2.24) is 5.43 Å². The number of aryl methyl sites for hydroxylation is 1. The van der Waals surface area contributed by atoms with Gasteiger partial charge in [-0.25, -0.2) is 5.43 Å². The average Bonchev–Trinajstić information content (AvgIpc) is 3.05. The van der Waals surface area contributed by atoms with Gasteiger partial charge in [0.1, 0.15) is 5.76 Å². The van der Waals surface area contributed by atoms with Crippen LogP contribution in [0, 0.1) is 6.92 Å². The first-order chi connectivity index (χ1) is 12.9. The van der Waals surface area contributed by atoms with E-state index in [1.54, 1.807) is 44.2 Å². The minimum atomic E-state index is -0.920. The molecule has 0 aliphatic carbocycles. The minimum absolute atomic E-state index is 0.0356. The Hall–Kier alpha value is -3.42. The highest BCUT2D eigenvalue weighted by molar-refractivity contribution is 6.01. The number of nitrogens with one attached hydrogen (secondary N) is 2. The van der Waals surface area contributed by atoms with Crippen molar-refractivity contribution in [3.8, 4) is 0 Å². The number of carboxylic acids is 1. The number of amides is 2. The average molecular weight is 371 g/mol. The lowest BCUT2D eigenvalue weighted by Crippen LogP contribution is -2.19. The molecule has 2 amide bonds. The summed E-state index contributed by atoms with van der Waals surface area (Å²) >= 11 is 0. The standard InChI is InChI=1S/C19H21N3O5/c1-12(21-22-19(26)16-10-11-27-13(16)2)14-6-8-15(9-7-14)20-17(23)4-3-5-18(24)25/h6-11H,3-5H2,1-2H3,(H,20,23)(H,22,26)(H,24,25). The zero-order valence-corrected chi connectivity index (χ0v) is 15.1. The number of nitrogens with zero attached hydrogens (tertiary/aromatic N) is 1. The molecular formula is C19H21N3O5. The summed E-state index contributed by atoms with van der Waals surface area (Å²) in [4.78, 5) is 34.2. The Balaban J connectivity index is 1.90. The van der Waals surface area contributed by atoms with Crippen molar-refractivity contribution >= 4 is 29.2 Å². The molecule has 0 bridgehead atoms. The van der Waals surface area contributed by atoms with Gasteiger partial charge in [0.25, 0.3) is 5.91 Å². The summed E-state index contributed by atoms with van der Waals surface area (Å²) in [6, 6.07) is 8.53. The van der Waals surface area contributed by atoms with Crippen LogP contribution in [0.4, 0.5) is 5.69 Å². The molecular weight excluding hydrogens is 350 g/mol. The summed E-state index contributed by atoms with van der Waals surface area (Å²) in [6.45, 7) is 3.45. The summed E-state index contributed by atoms with van der Waals surface area (Å²) in [5.41, 5.74) is 4.88. The van der Waals surface area contributed by atoms with E-state index in [1.807, 2.05) is 0 Å². The van der Waals surface area contributed by atoms with Gasteiger partial charge in [0.15, 0.2) is 0 Å². The van der Waals surface area contributed by atoms with Gasteiger partial charge in [0, 0.05) is 18.5 Å². The lowest BCUT2D eigenvalue weighted by atomic mass is 10.1. The fraction of sp³-hybridized carbons (Fsp3) is 0.263. The maximum atomic E-state index is 12.0. The molecule has 0 atom stereocenters. The van der Waals surface area contributed by atoms with Crippen LogP contribution < -0.4 is 10.7 Å². The maximum Gasteiger partial charge on any atom is 0.303 e. The number of carboxylic acid groups (broad SMARTS) is 1. The highest BCUT2D eigenvalue weighted by Gasteiger charge is 2.10. The van der Waals surface area contributed by atoms with E-state index in [0.717, 1.165) is 5.56 Å². The maximum absolute atomic E-state index is 12.0. The molecule has 0 aliphatic heterocycles. The molecule has 1 aromatic carbocycles. The smallest absolute Gasteiger partial charge is 0.303 e. The third-order valence-electron chi connectivity index (χ3n) is 3.81. The molecule has 142 valence electrons. The third kappa shape index (κ3) is 6.10. The minimum Gasteiger partial charge on any atom is -0.481 e. The Bertz CT molecular complexity index is 852. The molecule has 1 heterocycles. The lowest BCUT2D eigenvalue weighted by Gasteiger charge is -2.07. The van der Waals surface area contributed by atoms with Gasteiger partial charge in [-0.3, -0.25) is 14.4 Å². The summed E-state index contributed by atoms with van der Waals surface area (Å²) < 4.78 is 5.09. The number of hydrazone groups is 1. The number of benzene rings is 1. The van der Waals surface area contributed by atoms with E-state index in [9.17, 15) is 14.4 Å². The molecule has 0 fully saturated rings. The molecule has 3 N–H and O–H groups in total. The van der Waals surface area contributed by atoms with E-state index in [2.05, 4.69) is 15.8 Å². The van der Waals surface area contributed by atoms with Gasteiger partial charge in [-0.1, -0.05) is 12.1 Å². The monoisotopic (exact) mass is 371 g/mol. The molecule has 0 spiro atoms. The van der Waals surface area contributed by atoms with Gasteiger partial charge in [0.05, 0.1) is 17.5 Å². The molecule has 8 nitrogen and oxygen atoms in total. The Kier molecular flexibility index (Phi) is 6.87. The Morgan fingerprint density at radius 3 is 2.41 bits per heavy atom. The van der Waals surface area contributed by atoms with Gasteiger partial charge < -0.3 is 14.8 Å². The van der Waals surface area contributed by atoms with Crippen molar-refractivity contribution < 1.29 is 23.9 Å². The molecule has 2 aromatic rings. The number of hydrogen-bond acceptors (Lipinski definition) is 5. The van der Waals surface area contributed by atoms with E-state index < -0.39 is 5.97 Å². The van der Waals surface area contributed by atoms with Gasteiger partial charge in [-0.15, -0.1) is 0 Å². The first-order valence-electron chi connectivity index (χ1n) is 8.37. The highest BCUT2D eigenvalue weighted by atomic mass is 16.4. The zero-order chi connectivity index (χ0) is 19.8. The molecule has 1 aromatic heterocycles. The molecule has 0 unspecified atom stereocenters. The molecule has 2 rings (SSSR count). The number of carbonyl (C=O) groups is 3. The fourth-order valence-corrected chi connectivity index (χ4v) is 2.30. The van der Waals surface area contributed by atoms with E-state index in [1.165, 1.54) is 6.26 Å². The van der Waals surface area contributed by atoms with Crippen LogP contribution in [0.15, 0.2) is 46.1 Å². The SMILES string of the molecule is CC(=NNC(=O)c1ccoc1C)c1ccc(NC(=O)CCCC(=O)O)cc1. The fourth-order valence-electron chi connectivity index (χ4n) is 2.30. The summed E-state index contributed by atoms with van der Waals surface area (Å²) in [6.07, 6.45) is 1.84. The zero-order valence-electron chi connectivity index (χ0n) is 15.1. The van der Waals surface area contributed by atoms with Crippen LogP contribution in [0.3, 0.4) is 0 Å². The largest absolute Gasteiger partial charge is 0.481 e. The van der Waals surface area contributed by atoms with Crippen LogP contribution in [-0.2, 0) is 9.59 Å². The van der Waals surface area contributed by atoms with E-state index in [4.69, 9.17) is 9.52 Å². The van der Waals surface area contributed by atoms with Crippen molar-refractivity contribution in [3.63, 3.8) is 0 Å². The summed E-state index contributed by atoms with van der Waals surface area (Å²) in [5.74, 6) is -0.997. The second kappa shape index (κ2) is 9.33. The normalized spacial score (nSPS) is 11.1. The van der Waals surface area contributed by atoms with Gasteiger partial charge in [-0.05, 0) is 44.0 Å². The van der Waals surface area contributed by atoms with E-state index in [-0.39, 0.29) is 24.7 Å². The van der Waals surface area contributed by atoms with Crippen molar-refractivity contribution in [2.24, 2.45) is 5.10 Å². The Morgan fingerprint density at radius 1 is 1.11 bits per heavy atom. The highest BCUT2D eigenvalue weighted by Crippen LogP contribution is 2.12. The number of carbonyl (C=O) groups excluding carboxylic acids is 2. The second-order valence-electron chi connectivity index (χ2n) is 5.90. The first kappa shape index (κ1) is 19.9. The lowest BCUT2D eigenvalue weighted by molar-refractivity contribution is -0.137. The van der Waals surface area contributed by atoms with Crippen molar-refractivity contribution in [3.05, 3.63) is 53.5 Å². The number of aliphatic carboxylic acids is 1. The van der Waals surface area contributed by atoms with Crippen molar-refractivity contribution in [1.29, 1.82) is 0 Å². The molecule has 0 aliphatic rings. The van der Waals surface area contributed by atoms with Crippen LogP contribution in [0.1, 0.15) is 47.9 Å². The van der Waals surface area contributed by atoms with Gasteiger partial charge in [0.2, 0.25) is 5.91 Å². The van der Waals surface area contributed by atoms with Crippen LogP contribution in [0.5, 0.6) is 0 Å². The second-order valence-corrected chi connectivity index (χ2v) is 5.90. The van der Waals surface area contributed by atoms with Crippen LogP contribution in [0.25, 0.3) is 0 Å². The third-order valence-corrected chi connectivity index (χ3v) is 3.81. The number of hydrogen-bond donors (Lipinski definition) is 3. The molecule has 27 heavy (non-hydrogen) atoms. The van der Waals surface area contributed by atoms with Gasteiger partial charge >= 0.3 is 5.97 Å². The van der Waals surface area contributed by atoms with E-state index in [0.29, 0.717) is 29.1 Å². The van der Waals surface area contributed by atoms with Crippen LogP contribution >= 0.6 is 0 Å². The molecule has 0 saturated carbocycles. The summed E-state index contributed by atoms with van der Waals surface area (Å²) in [5, 5.41) is 15.3. The van der Waals surface area contributed by atoms with Crippen molar-refractivity contribution in [2.75, 3.05) is 5.32 Å². The quantitative estimate of drug-likeness (QED) is 0.487. The summed E-state index contributed by atoms with van der Waals surface area (Å²) in [7, 11) is 0. The van der Waals surface area contributed by atoms with Crippen LogP contribution in [-0.4, -0.2) is 28.6 Å². The Morgan fingerprint density at radius 2 is 1.81 bits per heavy atom. The van der Waals surface area contributed by atoms with Crippen LogP contribution in [0.2, 0.25) is 0 Å². The Labute approximate surface area is 156 Å². The number of anilines is 1. The van der Waals surface area contributed by atoms with Gasteiger partial charge in [-0.2, -0.15) is 5.10 Å². The van der Waals surface area contributed by atoms with Crippen molar-refractivity contribution in [2.45, 2.75) is 33.1 Å². The number of furan rings is 1. The number of rotatable bonds is 8. The predicted octanol–water partition coefficient (Wildman–Crippen LogP) is 2.94. The van der Waals surface area contributed by atoms with E-state index >= 15 is 0 Å². The molecule has 0 saturated heterocycles. The topological polar surface area (TPSA) is 121 Å². The first-order valence-corrected chi connectivity index (χ1v) is 8.37. The molecule has 8 heteroatoms. The molecule has 0 radical (unpaired) electrons. The predicted molar refractivity (Wildman–Crippen MR) is 99.7 cm³/mol.